The molecule has 26 heavy (non-hydrogen) atoms. The number of hydrogen-bond donors (Lipinski definition) is 1. The van der Waals surface area contributed by atoms with E-state index in [2.05, 4.69) is 0 Å². The number of likely N-dealkylation sites (tertiary alicyclic amines) is 1. The zero-order valence-corrected chi connectivity index (χ0v) is 15.5. The molecular weight excluding hydrogens is 354 g/mol. The van der Waals surface area contributed by atoms with Crippen LogP contribution in [0.25, 0.3) is 11.3 Å². The summed E-state index contributed by atoms with van der Waals surface area (Å²) in [5.41, 5.74) is 1.08. The fourth-order valence-electron chi connectivity index (χ4n) is 4.12. The van der Waals surface area contributed by atoms with Crippen LogP contribution in [0.15, 0.2) is 34.7 Å². The van der Waals surface area contributed by atoms with Gasteiger partial charge in [-0.05, 0) is 31.5 Å². The van der Waals surface area contributed by atoms with Crippen molar-refractivity contribution in [1.29, 1.82) is 0 Å². The minimum absolute atomic E-state index is 0.0632. The van der Waals surface area contributed by atoms with E-state index in [-0.39, 0.29) is 23.8 Å². The first-order valence-electron chi connectivity index (χ1n) is 8.87. The van der Waals surface area contributed by atoms with Gasteiger partial charge in [0.05, 0.1) is 23.8 Å². The molecule has 2 saturated heterocycles. The van der Waals surface area contributed by atoms with E-state index in [0.29, 0.717) is 48.4 Å². The lowest BCUT2D eigenvalue weighted by molar-refractivity contribution is -0.0415. The van der Waals surface area contributed by atoms with Crippen molar-refractivity contribution >= 4 is 17.5 Å². The number of benzene rings is 1. The van der Waals surface area contributed by atoms with E-state index >= 15 is 0 Å². The Bertz CT molecular complexity index is 833. The molecule has 5 nitrogen and oxygen atoms in total. The normalized spacial score (nSPS) is 25.3. The lowest BCUT2D eigenvalue weighted by Crippen LogP contribution is -2.41. The van der Waals surface area contributed by atoms with Gasteiger partial charge in [-0.25, -0.2) is 0 Å². The fraction of sp³-hybridized carbons (Fsp3) is 0.450. The van der Waals surface area contributed by atoms with Crippen LogP contribution < -0.4 is 0 Å². The molecule has 4 rings (SSSR count). The highest BCUT2D eigenvalue weighted by molar-refractivity contribution is 6.33. The van der Waals surface area contributed by atoms with Gasteiger partial charge in [0.2, 0.25) is 0 Å². The summed E-state index contributed by atoms with van der Waals surface area (Å²) in [6, 6.07) is 9.18. The Hall–Kier alpha value is -1.82. The second-order valence-corrected chi connectivity index (χ2v) is 7.70. The summed E-state index contributed by atoms with van der Waals surface area (Å²) >= 11 is 6.25. The first kappa shape index (κ1) is 17.6. The Morgan fingerprint density at radius 2 is 2.23 bits per heavy atom. The number of halogens is 1. The molecule has 0 bridgehead atoms. The van der Waals surface area contributed by atoms with E-state index in [1.807, 2.05) is 23.1 Å². The predicted octanol–water partition coefficient (Wildman–Crippen LogP) is 3.38. The predicted molar refractivity (Wildman–Crippen MR) is 98.2 cm³/mol. The first-order valence-corrected chi connectivity index (χ1v) is 9.25. The number of hydrogen-bond acceptors (Lipinski definition) is 4. The highest BCUT2D eigenvalue weighted by atomic mass is 35.5. The molecule has 3 heterocycles. The number of fused-ring (bicyclic) bond motifs is 1. The van der Waals surface area contributed by atoms with Crippen LogP contribution in [0.2, 0.25) is 5.02 Å². The second kappa shape index (κ2) is 6.72. The van der Waals surface area contributed by atoms with E-state index in [1.165, 1.54) is 0 Å². The van der Waals surface area contributed by atoms with Gasteiger partial charge in [0.15, 0.2) is 0 Å². The molecule has 2 atom stereocenters. The molecule has 2 fully saturated rings. The summed E-state index contributed by atoms with van der Waals surface area (Å²) in [6.45, 7) is 4.27. The molecular formula is C20H22ClNO4. The zero-order valence-electron chi connectivity index (χ0n) is 14.7. The minimum atomic E-state index is -0.239. The maximum atomic E-state index is 13.1. The monoisotopic (exact) mass is 375 g/mol. The van der Waals surface area contributed by atoms with E-state index < -0.39 is 0 Å². The number of aryl methyl sites for hydroxylation is 1. The van der Waals surface area contributed by atoms with E-state index in [1.54, 1.807) is 19.1 Å². The van der Waals surface area contributed by atoms with Crippen LogP contribution >= 0.6 is 11.6 Å². The second-order valence-electron chi connectivity index (χ2n) is 7.29. The summed E-state index contributed by atoms with van der Waals surface area (Å²) in [6.07, 6.45) is 0.785. The summed E-state index contributed by atoms with van der Waals surface area (Å²) in [5, 5.41) is 10.5. The van der Waals surface area contributed by atoms with Gasteiger partial charge in [0, 0.05) is 36.6 Å². The average molecular weight is 376 g/mol. The van der Waals surface area contributed by atoms with Gasteiger partial charge in [0.25, 0.3) is 5.91 Å². The van der Waals surface area contributed by atoms with Crippen LogP contribution in [-0.2, 0) is 4.74 Å². The highest BCUT2D eigenvalue weighted by Gasteiger charge is 2.49. The van der Waals surface area contributed by atoms with Gasteiger partial charge in [-0.3, -0.25) is 4.79 Å². The number of ether oxygens (including phenoxy) is 1. The van der Waals surface area contributed by atoms with Crippen molar-refractivity contribution in [2.45, 2.75) is 13.3 Å². The molecule has 1 amide bonds. The molecule has 6 heteroatoms. The minimum Gasteiger partial charge on any atom is -0.460 e. The topological polar surface area (TPSA) is 62.9 Å². The molecule has 0 spiro atoms. The van der Waals surface area contributed by atoms with Crippen LogP contribution in [0.1, 0.15) is 22.5 Å². The third kappa shape index (κ3) is 2.84. The summed E-state index contributed by atoms with van der Waals surface area (Å²) in [4.78, 5) is 14.9. The van der Waals surface area contributed by atoms with Crippen LogP contribution in [-0.4, -0.2) is 48.8 Å². The van der Waals surface area contributed by atoms with Gasteiger partial charge in [-0.1, -0.05) is 23.7 Å². The molecule has 0 unspecified atom stereocenters. The standard InChI is InChI=1S/C20H22ClNO4/c1-13-16(8-18(26-13)15-4-2-3-5-17(15)21)19(24)22-9-14-10-25-7-6-20(14,11-22)12-23/h2-5,8,14,23H,6-7,9-12H2,1H3/t14-,20-/m1/s1. The number of rotatable bonds is 3. The van der Waals surface area contributed by atoms with Gasteiger partial charge in [-0.15, -0.1) is 0 Å². The van der Waals surface area contributed by atoms with Gasteiger partial charge >= 0.3 is 0 Å². The Morgan fingerprint density at radius 1 is 1.42 bits per heavy atom. The van der Waals surface area contributed by atoms with E-state index in [0.717, 1.165) is 12.0 Å². The average Bonchev–Trinajstić information content (AvgIpc) is 3.23. The Balaban J connectivity index is 1.61. The van der Waals surface area contributed by atoms with E-state index in [4.69, 9.17) is 20.8 Å². The van der Waals surface area contributed by atoms with Crippen molar-refractivity contribution in [3.8, 4) is 11.3 Å². The molecule has 0 aliphatic carbocycles. The van der Waals surface area contributed by atoms with Crippen LogP contribution in [0.3, 0.4) is 0 Å². The van der Waals surface area contributed by atoms with Crippen molar-refractivity contribution < 1.29 is 19.1 Å². The fourth-order valence-corrected chi connectivity index (χ4v) is 4.35. The lowest BCUT2D eigenvalue weighted by atomic mass is 9.75. The van der Waals surface area contributed by atoms with Crippen LogP contribution in [0, 0.1) is 18.3 Å². The molecule has 0 saturated carbocycles. The van der Waals surface area contributed by atoms with Crippen LogP contribution in [0.4, 0.5) is 0 Å². The zero-order chi connectivity index (χ0) is 18.3. The van der Waals surface area contributed by atoms with Gasteiger partial charge in [-0.2, -0.15) is 0 Å². The van der Waals surface area contributed by atoms with Gasteiger partial charge < -0.3 is 19.2 Å². The summed E-state index contributed by atoms with van der Waals surface area (Å²) in [5.74, 6) is 1.29. The third-order valence-electron chi connectivity index (χ3n) is 5.77. The quantitative estimate of drug-likeness (QED) is 0.893. The lowest BCUT2D eigenvalue weighted by Gasteiger charge is -2.36. The number of nitrogens with zero attached hydrogens (tertiary/aromatic N) is 1. The van der Waals surface area contributed by atoms with Crippen LogP contribution in [0.5, 0.6) is 0 Å². The molecule has 2 aromatic rings. The maximum Gasteiger partial charge on any atom is 0.257 e. The Labute approximate surface area is 157 Å². The van der Waals surface area contributed by atoms with Gasteiger partial charge in [0.1, 0.15) is 11.5 Å². The molecule has 2 aliphatic rings. The molecule has 1 aromatic heterocycles. The number of aliphatic hydroxyl groups excluding tert-OH is 1. The smallest absolute Gasteiger partial charge is 0.257 e. The third-order valence-corrected chi connectivity index (χ3v) is 6.10. The number of amides is 1. The first-order chi connectivity index (χ1) is 12.5. The molecule has 1 N–H and O–H groups in total. The van der Waals surface area contributed by atoms with Crippen molar-refractivity contribution in [1.82, 2.24) is 4.90 Å². The maximum absolute atomic E-state index is 13.1. The van der Waals surface area contributed by atoms with Crippen molar-refractivity contribution in [3.05, 3.63) is 46.7 Å². The Morgan fingerprint density at radius 3 is 2.96 bits per heavy atom. The molecule has 138 valence electrons. The Kier molecular flexibility index (Phi) is 4.55. The molecule has 2 aliphatic heterocycles. The number of furan rings is 1. The molecule has 0 radical (unpaired) electrons. The number of carbonyl (C=O) groups is 1. The SMILES string of the molecule is Cc1oc(-c2ccccc2Cl)cc1C(=O)N1C[C@@H]2COCC[C@]2(CO)C1. The van der Waals surface area contributed by atoms with E-state index in [9.17, 15) is 9.90 Å². The number of carbonyl (C=O) groups excluding carboxylic acids is 1. The van der Waals surface area contributed by atoms with Crippen molar-refractivity contribution in [2.24, 2.45) is 11.3 Å². The summed E-state index contributed by atoms with van der Waals surface area (Å²) < 4.78 is 11.4. The summed E-state index contributed by atoms with van der Waals surface area (Å²) in [7, 11) is 0. The largest absolute Gasteiger partial charge is 0.460 e. The number of aliphatic hydroxyl groups is 1. The van der Waals surface area contributed by atoms with Crippen molar-refractivity contribution in [3.63, 3.8) is 0 Å². The molecule has 1 aromatic carbocycles. The van der Waals surface area contributed by atoms with Crippen molar-refractivity contribution in [2.75, 3.05) is 32.9 Å². The highest BCUT2D eigenvalue weighted by Crippen LogP contribution is 2.42.